The van der Waals surface area contributed by atoms with Crippen LogP contribution in [0.25, 0.3) is 0 Å². The number of nitrogens with one attached hydrogen (secondary N) is 1. The highest BCUT2D eigenvalue weighted by molar-refractivity contribution is 5.71. The lowest BCUT2D eigenvalue weighted by Gasteiger charge is -2.04. The van der Waals surface area contributed by atoms with Gasteiger partial charge in [-0.15, -0.1) is 0 Å². The first-order chi connectivity index (χ1) is 13.3. The minimum absolute atomic E-state index is 0.400. The Morgan fingerprint density at radius 3 is 1.04 bits per heavy atom. The number of urea groups is 1. The van der Waals surface area contributed by atoms with Gasteiger partial charge in [-0.1, -0.05) is 135 Å². The van der Waals surface area contributed by atoms with Gasteiger partial charge in [0.15, 0.2) is 0 Å². The van der Waals surface area contributed by atoms with Crippen molar-refractivity contribution in [2.75, 3.05) is 6.54 Å². The van der Waals surface area contributed by atoms with Crippen LogP contribution in [-0.2, 0) is 0 Å². The number of unbranched alkanes of at least 4 members (excludes halogenated alkanes) is 20. The third-order valence-corrected chi connectivity index (χ3v) is 5.58. The molecule has 27 heavy (non-hydrogen) atoms. The molecule has 0 unspecified atom stereocenters. The molecular formula is C24H50N2O. The Morgan fingerprint density at radius 1 is 0.519 bits per heavy atom. The van der Waals surface area contributed by atoms with E-state index >= 15 is 0 Å². The van der Waals surface area contributed by atoms with Crippen LogP contribution in [-0.4, -0.2) is 12.6 Å². The van der Waals surface area contributed by atoms with Crippen LogP contribution < -0.4 is 11.1 Å². The van der Waals surface area contributed by atoms with Gasteiger partial charge < -0.3 is 11.1 Å². The zero-order valence-electron chi connectivity index (χ0n) is 18.5. The van der Waals surface area contributed by atoms with Crippen LogP contribution in [0.1, 0.15) is 142 Å². The van der Waals surface area contributed by atoms with Crippen LogP contribution in [0, 0.1) is 0 Å². The van der Waals surface area contributed by atoms with Crippen molar-refractivity contribution in [2.45, 2.75) is 142 Å². The summed E-state index contributed by atoms with van der Waals surface area (Å²) in [6.45, 7) is 3.02. The number of amides is 2. The van der Waals surface area contributed by atoms with Crippen LogP contribution in [0.15, 0.2) is 0 Å². The first kappa shape index (κ1) is 26.3. The van der Waals surface area contributed by atoms with E-state index in [9.17, 15) is 4.79 Å². The Hall–Kier alpha value is -0.730. The highest BCUT2D eigenvalue weighted by Gasteiger charge is 1.96. The lowest BCUT2D eigenvalue weighted by Crippen LogP contribution is -2.29. The van der Waals surface area contributed by atoms with Crippen LogP contribution in [0.3, 0.4) is 0 Å². The summed E-state index contributed by atoms with van der Waals surface area (Å²) < 4.78 is 0. The summed E-state index contributed by atoms with van der Waals surface area (Å²) in [7, 11) is 0. The predicted octanol–water partition coefficient (Wildman–Crippen LogP) is 7.87. The largest absolute Gasteiger partial charge is 0.352 e. The molecule has 0 aromatic heterocycles. The highest BCUT2D eigenvalue weighted by Crippen LogP contribution is 2.14. The molecule has 3 N–H and O–H groups in total. The summed E-state index contributed by atoms with van der Waals surface area (Å²) in [4.78, 5) is 10.5. The van der Waals surface area contributed by atoms with Gasteiger partial charge in [-0.25, -0.2) is 4.79 Å². The van der Waals surface area contributed by atoms with Crippen LogP contribution in [0.2, 0.25) is 0 Å². The molecule has 0 aromatic rings. The van der Waals surface area contributed by atoms with E-state index in [1.54, 1.807) is 0 Å². The molecule has 3 heteroatoms. The predicted molar refractivity (Wildman–Crippen MR) is 120 cm³/mol. The number of hydrogen-bond donors (Lipinski definition) is 2. The number of rotatable bonds is 22. The molecule has 162 valence electrons. The molecule has 0 heterocycles. The molecule has 0 spiro atoms. The molecule has 0 radical (unpaired) electrons. The molecule has 0 aliphatic carbocycles. The average molecular weight is 383 g/mol. The molecule has 0 aromatic carbocycles. The maximum absolute atomic E-state index is 10.5. The minimum atomic E-state index is -0.400. The number of carbonyl (C=O) groups is 1. The molecule has 0 fully saturated rings. The van der Waals surface area contributed by atoms with E-state index in [2.05, 4.69) is 12.2 Å². The molecule has 0 saturated carbocycles. The molecule has 3 nitrogen and oxygen atoms in total. The second kappa shape index (κ2) is 23.3. The Morgan fingerprint density at radius 2 is 0.778 bits per heavy atom. The Bertz CT molecular complexity index is 294. The van der Waals surface area contributed by atoms with Gasteiger partial charge in [0.05, 0.1) is 0 Å². The van der Waals surface area contributed by atoms with Crippen molar-refractivity contribution in [3.05, 3.63) is 0 Å². The summed E-state index contributed by atoms with van der Waals surface area (Å²) >= 11 is 0. The van der Waals surface area contributed by atoms with Gasteiger partial charge in [-0.3, -0.25) is 0 Å². The summed E-state index contributed by atoms with van der Waals surface area (Å²) in [5.41, 5.74) is 5.03. The monoisotopic (exact) mass is 382 g/mol. The van der Waals surface area contributed by atoms with E-state index < -0.39 is 6.03 Å². The molecule has 0 aliphatic rings. The van der Waals surface area contributed by atoms with Crippen LogP contribution in [0.4, 0.5) is 4.79 Å². The van der Waals surface area contributed by atoms with E-state index in [1.807, 2.05) is 0 Å². The summed E-state index contributed by atoms with van der Waals surface area (Å²) in [6, 6.07) is -0.400. The smallest absolute Gasteiger partial charge is 0.312 e. The van der Waals surface area contributed by atoms with Crippen molar-refractivity contribution in [1.82, 2.24) is 5.32 Å². The molecule has 0 aliphatic heterocycles. The van der Waals surface area contributed by atoms with Crippen molar-refractivity contribution < 1.29 is 4.79 Å². The zero-order valence-corrected chi connectivity index (χ0v) is 18.5. The normalized spacial score (nSPS) is 11.0. The second-order valence-electron chi connectivity index (χ2n) is 8.36. The van der Waals surface area contributed by atoms with Crippen LogP contribution >= 0.6 is 0 Å². The fourth-order valence-corrected chi connectivity index (χ4v) is 3.77. The first-order valence-electron chi connectivity index (χ1n) is 12.3. The zero-order chi connectivity index (χ0) is 19.8. The second-order valence-corrected chi connectivity index (χ2v) is 8.36. The summed E-state index contributed by atoms with van der Waals surface area (Å²) in [5, 5.41) is 2.64. The minimum Gasteiger partial charge on any atom is -0.352 e. The first-order valence-corrected chi connectivity index (χ1v) is 12.3. The molecule has 0 bridgehead atoms. The van der Waals surface area contributed by atoms with Crippen molar-refractivity contribution >= 4 is 6.03 Å². The van der Waals surface area contributed by atoms with Crippen molar-refractivity contribution in [2.24, 2.45) is 5.73 Å². The highest BCUT2D eigenvalue weighted by atomic mass is 16.2. The number of hydrogen-bond acceptors (Lipinski definition) is 1. The van der Waals surface area contributed by atoms with E-state index in [4.69, 9.17) is 5.73 Å². The van der Waals surface area contributed by atoms with E-state index in [1.165, 1.54) is 128 Å². The van der Waals surface area contributed by atoms with Crippen molar-refractivity contribution in [3.8, 4) is 0 Å². The van der Waals surface area contributed by atoms with E-state index in [-0.39, 0.29) is 0 Å². The van der Waals surface area contributed by atoms with Crippen LogP contribution in [0.5, 0.6) is 0 Å². The molecule has 0 atom stereocenters. The molecule has 0 rings (SSSR count). The van der Waals surface area contributed by atoms with E-state index in [0.29, 0.717) is 0 Å². The average Bonchev–Trinajstić information content (AvgIpc) is 2.65. The third kappa shape index (κ3) is 25.3. The molecule has 2 amide bonds. The molecular weight excluding hydrogens is 332 g/mol. The lowest BCUT2D eigenvalue weighted by molar-refractivity contribution is 0.248. The fourth-order valence-electron chi connectivity index (χ4n) is 3.77. The van der Waals surface area contributed by atoms with E-state index in [0.717, 1.165) is 13.0 Å². The third-order valence-electron chi connectivity index (χ3n) is 5.58. The SMILES string of the molecule is CCCCCCCCCCCCCCCCCCCCCCCNC(N)=O. The number of carbonyl (C=O) groups excluding carboxylic acids is 1. The Balaban J connectivity index is 2.98. The Kier molecular flexibility index (Phi) is 22.7. The van der Waals surface area contributed by atoms with Crippen molar-refractivity contribution in [1.29, 1.82) is 0 Å². The summed E-state index contributed by atoms with van der Waals surface area (Å²) in [5.74, 6) is 0. The molecule has 0 saturated heterocycles. The van der Waals surface area contributed by atoms with Gasteiger partial charge in [-0.2, -0.15) is 0 Å². The van der Waals surface area contributed by atoms with Gasteiger partial charge >= 0.3 is 6.03 Å². The van der Waals surface area contributed by atoms with Gasteiger partial charge in [0.1, 0.15) is 0 Å². The topological polar surface area (TPSA) is 55.1 Å². The van der Waals surface area contributed by atoms with Gasteiger partial charge in [-0.05, 0) is 6.42 Å². The Labute approximate surface area is 170 Å². The summed E-state index contributed by atoms with van der Waals surface area (Å²) in [6.07, 6.45) is 29.3. The van der Waals surface area contributed by atoms with Crippen molar-refractivity contribution in [3.63, 3.8) is 0 Å². The fraction of sp³-hybridized carbons (Fsp3) is 0.958. The standard InChI is InChI=1S/C24H50N2O/c1-2-3-4-5-6-7-8-9-10-11-12-13-14-15-16-17-18-19-20-21-22-23-26-24(25)27/h2-23H2,1H3,(H3,25,26,27). The number of nitrogens with two attached hydrogens (primary N) is 1. The quantitative estimate of drug-likeness (QED) is 0.184. The van der Waals surface area contributed by atoms with Gasteiger partial charge in [0.25, 0.3) is 0 Å². The maximum atomic E-state index is 10.5. The lowest BCUT2D eigenvalue weighted by atomic mass is 10.0. The van der Waals surface area contributed by atoms with Gasteiger partial charge in [0, 0.05) is 6.54 Å². The maximum Gasteiger partial charge on any atom is 0.312 e. The van der Waals surface area contributed by atoms with Gasteiger partial charge in [0.2, 0.25) is 0 Å². The number of primary amides is 1.